The molecule has 0 amide bonds. The summed E-state index contributed by atoms with van der Waals surface area (Å²) in [6.07, 6.45) is 5.04. The maximum absolute atomic E-state index is 4.07. The Hall–Kier alpha value is -0.990. The monoisotopic (exact) mass is 167 g/mol. The van der Waals surface area contributed by atoms with Gasteiger partial charge >= 0.3 is 0 Å². The first-order valence-electron chi connectivity index (χ1n) is 4.41. The van der Waals surface area contributed by atoms with Gasteiger partial charge in [0.25, 0.3) is 0 Å². The smallest absolute Gasteiger partial charge is 0.0726 e. The fraction of sp³-hybridized carbons (Fsp3) is 0.667. The molecule has 12 heavy (non-hydrogen) atoms. The maximum Gasteiger partial charge on any atom is 0.0726 e. The van der Waals surface area contributed by atoms with Crippen molar-refractivity contribution in [2.75, 3.05) is 11.9 Å². The lowest BCUT2D eigenvalue weighted by molar-refractivity contribution is 0.607. The van der Waals surface area contributed by atoms with E-state index in [9.17, 15) is 0 Å². The molecule has 0 aliphatic heterocycles. The highest BCUT2D eigenvalue weighted by Gasteiger charge is 1.95. The van der Waals surface area contributed by atoms with Gasteiger partial charge < -0.3 is 5.32 Å². The second-order valence-corrected chi connectivity index (χ2v) is 3.51. The van der Waals surface area contributed by atoms with Gasteiger partial charge in [-0.15, -0.1) is 0 Å². The molecule has 0 fully saturated rings. The molecule has 0 radical (unpaired) electrons. The van der Waals surface area contributed by atoms with Crippen LogP contribution in [0.3, 0.4) is 0 Å². The summed E-state index contributed by atoms with van der Waals surface area (Å²) >= 11 is 0. The SMILES string of the molecule is CC(C)CCNc1cnn(C)c1. The molecule has 0 unspecified atom stereocenters. The van der Waals surface area contributed by atoms with Crippen LogP contribution in [0, 0.1) is 5.92 Å². The van der Waals surface area contributed by atoms with Gasteiger partial charge in [-0.25, -0.2) is 0 Å². The van der Waals surface area contributed by atoms with Gasteiger partial charge in [-0.2, -0.15) is 5.10 Å². The van der Waals surface area contributed by atoms with Crippen LogP contribution in [-0.2, 0) is 7.05 Å². The average molecular weight is 167 g/mol. The Balaban J connectivity index is 2.24. The van der Waals surface area contributed by atoms with E-state index >= 15 is 0 Å². The number of rotatable bonds is 4. The number of nitrogens with one attached hydrogen (secondary N) is 1. The number of nitrogens with zero attached hydrogens (tertiary/aromatic N) is 2. The summed E-state index contributed by atoms with van der Waals surface area (Å²) in [5, 5.41) is 7.38. The predicted octanol–water partition coefficient (Wildman–Crippen LogP) is 1.88. The molecule has 68 valence electrons. The molecule has 1 N–H and O–H groups in total. The quantitative estimate of drug-likeness (QED) is 0.742. The second kappa shape index (κ2) is 4.14. The van der Waals surface area contributed by atoms with E-state index in [1.165, 1.54) is 6.42 Å². The van der Waals surface area contributed by atoms with E-state index < -0.39 is 0 Å². The van der Waals surface area contributed by atoms with Crippen LogP contribution in [0.15, 0.2) is 12.4 Å². The second-order valence-electron chi connectivity index (χ2n) is 3.51. The summed E-state index contributed by atoms with van der Waals surface area (Å²) in [4.78, 5) is 0. The highest BCUT2D eigenvalue weighted by molar-refractivity contribution is 5.37. The molecule has 3 nitrogen and oxygen atoms in total. The van der Waals surface area contributed by atoms with E-state index in [0.29, 0.717) is 0 Å². The number of aryl methyl sites for hydroxylation is 1. The molecule has 0 aliphatic carbocycles. The zero-order valence-corrected chi connectivity index (χ0v) is 8.04. The van der Waals surface area contributed by atoms with Crippen molar-refractivity contribution in [2.45, 2.75) is 20.3 Å². The topological polar surface area (TPSA) is 29.9 Å². The first-order chi connectivity index (χ1) is 5.68. The van der Waals surface area contributed by atoms with E-state index in [4.69, 9.17) is 0 Å². The average Bonchev–Trinajstić information content (AvgIpc) is 2.35. The molecule has 0 atom stereocenters. The summed E-state index contributed by atoms with van der Waals surface area (Å²) in [5.74, 6) is 0.758. The molecule has 0 aliphatic rings. The van der Waals surface area contributed by atoms with Crippen molar-refractivity contribution < 1.29 is 0 Å². The van der Waals surface area contributed by atoms with Gasteiger partial charge in [-0.3, -0.25) is 4.68 Å². The molecular formula is C9H17N3. The summed E-state index contributed by atoms with van der Waals surface area (Å²) in [6.45, 7) is 5.49. The van der Waals surface area contributed by atoms with E-state index in [0.717, 1.165) is 18.2 Å². The summed E-state index contributed by atoms with van der Waals surface area (Å²) in [7, 11) is 1.92. The van der Waals surface area contributed by atoms with Crippen LogP contribution in [0.5, 0.6) is 0 Å². The third kappa shape index (κ3) is 2.95. The molecule has 0 bridgehead atoms. The van der Waals surface area contributed by atoms with Gasteiger partial charge in [0.2, 0.25) is 0 Å². The molecule has 1 rings (SSSR count). The van der Waals surface area contributed by atoms with Gasteiger partial charge in [-0.05, 0) is 12.3 Å². The Bertz CT molecular complexity index is 227. The number of anilines is 1. The van der Waals surface area contributed by atoms with E-state index in [1.807, 2.05) is 19.4 Å². The fourth-order valence-corrected chi connectivity index (χ4v) is 1.02. The molecular weight excluding hydrogens is 150 g/mol. The molecule has 0 saturated carbocycles. The van der Waals surface area contributed by atoms with E-state index in [2.05, 4.69) is 24.3 Å². The van der Waals surface area contributed by atoms with Gasteiger partial charge in [-0.1, -0.05) is 13.8 Å². The number of hydrogen-bond acceptors (Lipinski definition) is 2. The number of aromatic nitrogens is 2. The van der Waals surface area contributed by atoms with Gasteiger partial charge in [0.15, 0.2) is 0 Å². The molecule has 0 aromatic carbocycles. The van der Waals surface area contributed by atoms with Crippen molar-refractivity contribution in [2.24, 2.45) is 13.0 Å². The first kappa shape index (κ1) is 9.10. The lowest BCUT2D eigenvalue weighted by atomic mass is 10.1. The molecule has 1 heterocycles. The van der Waals surface area contributed by atoms with Crippen LogP contribution >= 0.6 is 0 Å². The normalized spacial score (nSPS) is 10.7. The lowest BCUT2D eigenvalue weighted by Crippen LogP contribution is -2.03. The molecule has 1 aromatic rings. The Morgan fingerprint density at radius 3 is 2.83 bits per heavy atom. The minimum atomic E-state index is 0.758. The Morgan fingerprint density at radius 2 is 2.33 bits per heavy atom. The predicted molar refractivity (Wildman–Crippen MR) is 51.2 cm³/mol. The Labute approximate surface area is 73.8 Å². The van der Waals surface area contributed by atoms with Crippen molar-refractivity contribution in [3.63, 3.8) is 0 Å². The van der Waals surface area contributed by atoms with Crippen LogP contribution < -0.4 is 5.32 Å². The van der Waals surface area contributed by atoms with Crippen LogP contribution in [0.4, 0.5) is 5.69 Å². The Kier molecular flexibility index (Phi) is 3.14. The first-order valence-corrected chi connectivity index (χ1v) is 4.41. The van der Waals surface area contributed by atoms with Crippen LogP contribution in [0.25, 0.3) is 0 Å². The molecule has 0 spiro atoms. The highest BCUT2D eigenvalue weighted by atomic mass is 15.3. The third-order valence-electron chi connectivity index (χ3n) is 1.76. The van der Waals surface area contributed by atoms with Crippen molar-refractivity contribution in [1.29, 1.82) is 0 Å². The molecule has 3 heteroatoms. The summed E-state index contributed by atoms with van der Waals surface area (Å²) in [5.41, 5.74) is 1.11. The zero-order chi connectivity index (χ0) is 8.97. The van der Waals surface area contributed by atoms with Crippen molar-refractivity contribution in [3.8, 4) is 0 Å². The van der Waals surface area contributed by atoms with E-state index in [-0.39, 0.29) is 0 Å². The minimum absolute atomic E-state index is 0.758. The largest absolute Gasteiger partial charge is 0.383 e. The van der Waals surface area contributed by atoms with Crippen LogP contribution in [0.2, 0.25) is 0 Å². The molecule has 0 saturated heterocycles. The minimum Gasteiger partial charge on any atom is -0.383 e. The standard InChI is InChI=1S/C9H17N3/c1-8(2)4-5-10-9-6-11-12(3)7-9/h6-8,10H,4-5H2,1-3H3. The van der Waals surface area contributed by atoms with Crippen molar-refractivity contribution in [1.82, 2.24) is 9.78 Å². The summed E-state index contributed by atoms with van der Waals surface area (Å²) in [6, 6.07) is 0. The Morgan fingerprint density at radius 1 is 1.58 bits per heavy atom. The fourth-order valence-electron chi connectivity index (χ4n) is 1.02. The maximum atomic E-state index is 4.07. The van der Waals surface area contributed by atoms with E-state index in [1.54, 1.807) is 4.68 Å². The van der Waals surface area contributed by atoms with Crippen molar-refractivity contribution in [3.05, 3.63) is 12.4 Å². The van der Waals surface area contributed by atoms with Gasteiger partial charge in [0.1, 0.15) is 0 Å². The van der Waals surface area contributed by atoms with Crippen molar-refractivity contribution >= 4 is 5.69 Å². The van der Waals surface area contributed by atoms with Gasteiger partial charge in [0, 0.05) is 19.8 Å². The zero-order valence-electron chi connectivity index (χ0n) is 8.04. The van der Waals surface area contributed by atoms with Crippen LogP contribution in [0.1, 0.15) is 20.3 Å². The third-order valence-corrected chi connectivity index (χ3v) is 1.76. The summed E-state index contributed by atoms with van der Waals surface area (Å²) < 4.78 is 1.80. The highest BCUT2D eigenvalue weighted by Crippen LogP contribution is 2.05. The molecule has 1 aromatic heterocycles. The van der Waals surface area contributed by atoms with Crippen LogP contribution in [-0.4, -0.2) is 16.3 Å². The number of hydrogen-bond donors (Lipinski definition) is 1. The lowest BCUT2D eigenvalue weighted by Gasteiger charge is -2.04. The van der Waals surface area contributed by atoms with Gasteiger partial charge in [0.05, 0.1) is 11.9 Å².